The minimum Gasteiger partial charge on any atom is -0.492 e. The van der Waals surface area contributed by atoms with Gasteiger partial charge in [-0.2, -0.15) is 0 Å². The first-order chi connectivity index (χ1) is 16.6. The molecular formula is C24H23N3O7. The van der Waals surface area contributed by atoms with E-state index in [9.17, 15) is 4.79 Å². The van der Waals surface area contributed by atoms with Crippen LogP contribution in [0.3, 0.4) is 0 Å². The molecule has 3 aliphatic heterocycles. The van der Waals surface area contributed by atoms with Crippen LogP contribution in [0.15, 0.2) is 28.8 Å². The monoisotopic (exact) mass is 465 g/mol. The molecule has 0 fully saturated rings. The summed E-state index contributed by atoms with van der Waals surface area (Å²) in [5.41, 5.74) is 3.43. The average molecular weight is 465 g/mol. The Morgan fingerprint density at radius 1 is 1.06 bits per heavy atom. The molecule has 34 heavy (non-hydrogen) atoms. The molecule has 4 heterocycles. The number of hydrogen-bond acceptors (Lipinski definition) is 9. The second-order valence-corrected chi connectivity index (χ2v) is 8.31. The van der Waals surface area contributed by atoms with Gasteiger partial charge >= 0.3 is 0 Å². The van der Waals surface area contributed by atoms with Gasteiger partial charge in [-0.1, -0.05) is 5.16 Å². The highest BCUT2D eigenvalue weighted by atomic mass is 16.7. The molecule has 0 unspecified atom stereocenters. The Morgan fingerprint density at radius 3 is 2.74 bits per heavy atom. The van der Waals surface area contributed by atoms with Crippen LogP contribution in [0.4, 0.5) is 5.69 Å². The lowest BCUT2D eigenvalue weighted by molar-refractivity contribution is 0.101. The lowest BCUT2D eigenvalue weighted by Crippen LogP contribution is -2.28. The summed E-state index contributed by atoms with van der Waals surface area (Å²) >= 11 is 0. The first-order valence-electron chi connectivity index (χ1n) is 11.0. The third-order valence-electron chi connectivity index (χ3n) is 6.17. The van der Waals surface area contributed by atoms with Gasteiger partial charge in [0.25, 0.3) is 5.91 Å². The van der Waals surface area contributed by atoms with Crippen molar-refractivity contribution >= 4 is 11.6 Å². The fourth-order valence-electron chi connectivity index (χ4n) is 4.53. The van der Waals surface area contributed by atoms with Crippen LogP contribution < -0.4 is 29.0 Å². The summed E-state index contributed by atoms with van der Waals surface area (Å²) in [6.07, 6.45) is 0.732. The van der Waals surface area contributed by atoms with Crippen LogP contribution in [0.2, 0.25) is 0 Å². The number of benzene rings is 2. The minimum atomic E-state index is -0.406. The van der Waals surface area contributed by atoms with Crippen molar-refractivity contribution in [3.8, 4) is 40.1 Å². The highest BCUT2D eigenvalue weighted by Gasteiger charge is 2.33. The number of hydrogen-bond donors (Lipinski definition) is 1. The van der Waals surface area contributed by atoms with E-state index in [0.717, 1.165) is 29.7 Å². The lowest BCUT2D eigenvalue weighted by Gasteiger charge is -2.29. The van der Waals surface area contributed by atoms with Crippen molar-refractivity contribution in [1.82, 2.24) is 10.1 Å². The standard InChI is InChI=1S/C24H23N3O7/c1-27-6-5-14-15(11-27)21(29-2)23-22(32-12-33-23)20(14)25-24(28)16-10-18(34-26-16)13-3-4-17-19(9-13)31-8-7-30-17/h3-4,9-10H,5-8,11-12H2,1-2H3,(H,25,28). The predicted octanol–water partition coefficient (Wildman–Crippen LogP) is 3.09. The Labute approximate surface area is 195 Å². The highest BCUT2D eigenvalue weighted by molar-refractivity contribution is 6.05. The Bertz CT molecular complexity index is 1290. The van der Waals surface area contributed by atoms with Gasteiger partial charge in [-0.3, -0.25) is 4.79 Å². The summed E-state index contributed by atoms with van der Waals surface area (Å²) in [7, 11) is 3.65. The van der Waals surface area contributed by atoms with Crippen molar-refractivity contribution < 1.29 is 33.0 Å². The van der Waals surface area contributed by atoms with Crippen molar-refractivity contribution in [2.45, 2.75) is 13.0 Å². The summed E-state index contributed by atoms with van der Waals surface area (Å²) in [6, 6.07) is 7.06. The third kappa shape index (κ3) is 3.38. The van der Waals surface area contributed by atoms with Crippen molar-refractivity contribution in [3.63, 3.8) is 0 Å². The molecule has 3 aliphatic rings. The molecule has 0 saturated carbocycles. The van der Waals surface area contributed by atoms with Crippen LogP contribution in [0.25, 0.3) is 11.3 Å². The number of anilines is 1. The lowest BCUT2D eigenvalue weighted by atomic mass is 9.95. The summed E-state index contributed by atoms with van der Waals surface area (Å²) in [5.74, 6) is 2.98. The van der Waals surface area contributed by atoms with Crippen LogP contribution in [0.5, 0.6) is 28.7 Å². The van der Waals surface area contributed by atoms with Gasteiger partial charge in [0.1, 0.15) is 13.2 Å². The SMILES string of the molecule is COc1c2c(c(NC(=O)c3cc(-c4ccc5c(c4)OCCO5)on3)c3c1OCO3)CCN(C)C2. The van der Waals surface area contributed by atoms with Crippen LogP contribution >= 0.6 is 0 Å². The van der Waals surface area contributed by atoms with E-state index in [0.29, 0.717) is 60.0 Å². The minimum absolute atomic E-state index is 0.0610. The van der Waals surface area contributed by atoms with E-state index in [1.54, 1.807) is 13.2 Å². The Balaban J connectivity index is 1.32. The van der Waals surface area contributed by atoms with Gasteiger partial charge in [0.15, 0.2) is 34.5 Å². The Kier molecular flexibility index (Phi) is 4.95. The third-order valence-corrected chi connectivity index (χ3v) is 6.17. The van der Waals surface area contributed by atoms with Gasteiger partial charge in [0, 0.05) is 30.3 Å². The summed E-state index contributed by atoms with van der Waals surface area (Å²) in [4.78, 5) is 15.4. The molecule has 0 radical (unpaired) electrons. The summed E-state index contributed by atoms with van der Waals surface area (Å²) in [5, 5.41) is 6.97. The van der Waals surface area contributed by atoms with E-state index < -0.39 is 5.91 Å². The van der Waals surface area contributed by atoms with Gasteiger partial charge in [-0.15, -0.1) is 0 Å². The topological polar surface area (TPSA) is 105 Å². The molecule has 176 valence electrons. The van der Waals surface area contributed by atoms with E-state index in [-0.39, 0.29) is 12.5 Å². The Hall–Kier alpha value is -3.92. The molecule has 1 N–H and O–H groups in total. The van der Waals surface area contributed by atoms with E-state index in [4.69, 9.17) is 28.2 Å². The summed E-state index contributed by atoms with van der Waals surface area (Å²) in [6.45, 7) is 2.58. The predicted molar refractivity (Wildman–Crippen MR) is 120 cm³/mol. The molecule has 1 amide bonds. The van der Waals surface area contributed by atoms with E-state index in [1.807, 2.05) is 25.2 Å². The molecule has 0 bridgehead atoms. The van der Waals surface area contributed by atoms with Crippen LogP contribution in [0, 0.1) is 0 Å². The molecule has 10 heteroatoms. The van der Waals surface area contributed by atoms with Gasteiger partial charge in [-0.25, -0.2) is 0 Å². The fourth-order valence-corrected chi connectivity index (χ4v) is 4.53. The molecule has 10 nitrogen and oxygen atoms in total. The Morgan fingerprint density at radius 2 is 1.88 bits per heavy atom. The van der Waals surface area contributed by atoms with Gasteiger partial charge in [0.2, 0.25) is 12.5 Å². The van der Waals surface area contributed by atoms with Crippen molar-refractivity contribution in [2.75, 3.05) is 46.0 Å². The van der Waals surface area contributed by atoms with E-state index >= 15 is 0 Å². The van der Waals surface area contributed by atoms with Gasteiger partial charge in [0.05, 0.1) is 12.8 Å². The van der Waals surface area contributed by atoms with E-state index in [2.05, 4.69) is 15.4 Å². The second-order valence-electron chi connectivity index (χ2n) is 8.31. The first kappa shape index (κ1) is 20.7. The maximum Gasteiger partial charge on any atom is 0.277 e. The molecule has 0 saturated heterocycles. The molecule has 0 aliphatic carbocycles. The molecular weight excluding hydrogens is 442 g/mol. The smallest absolute Gasteiger partial charge is 0.277 e. The number of nitrogens with one attached hydrogen (secondary N) is 1. The number of rotatable bonds is 4. The number of carbonyl (C=O) groups is 1. The van der Waals surface area contributed by atoms with Crippen molar-refractivity contribution in [2.24, 2.45) is 0 Å². The van der Waals surface area contributed by atoms with E-state index in [1.165, 1.54) is 0 Å². The zero-order valence-corrected chi connectivity index (χ0v) is 18.8. The zero-order valence-electron chi connectivity index (χ0n) is 18.8. The van der Waals surface area contributed by atoms with Crippen LogP contribution in [0.1, 0.15) is 21.6 Å². The van der Waals surface area contributed by atoms with Crippen molar-refractivity contribution in [3.05, 3.63) is 41.1 Å². The second kappa shape index (κ2) is 8.14. The molecule has 2 aromatic carbocycles. The first-order valence-corrected chi connectivity index (χ1v) is 11.0. The fraction of sp³-hybridized carbons (Fsp3) is 0.333. The average Bonchev–Trinajstić information content (AvgIpc) is 3.54. The highest BCUT2D eigenvalue weighted by Crippen LogP contribution is 2.52. The number of amides is 1. The number of aromatic nitrogens is 1. The number of methoxy groups -OCH3 is 1. The number of likely N-dealkylation sites (N-methyl/N-ethyl adjacent to an activating group) is 1. The zero-order chi connectivity index (χ0) is 23.2. The molecule has 1 aromatic heterocycles. The molecule has 6 rings (SSSR count). The van der Waals surface area contributed by atoms with Gasteiger partial charge < -0.3 is 38.4 Å². The maximum absolute atomic E-state index is 13.2. The molecule has 3 aromatic rings. The van der Waals surface area contributed by atoms with Crippen molar-refractivity contribution in [1.29, 1.82) is 0 Å². The normalized spacial score (nSPS) is 16.2. The van der Waals surface area contributed by atoms with Crippen LogP contribution in [-0.2, 0) is 13.0 Å². The quantitative estimate of drug-likeness (QED) is 0.622. The number of ether oxygens (including phenoxy) is 5. The maximum atomic E-state index is 13.2. The van der Waals surface area contributed by atoms with Crippen LogP contribution in [-0.4, -0.2) is 56.7 Å². The molecule has 0 atom stereocenters. The number of nitrogens with zero attached hydrogens (tertiary/aromatic N) is 2. The molecule has 0 spiro atoms. The summed E-state index contributed by atoms with van der Waals surface area (Å²) < 4.78 is 33.7. The largest absolute Gasteiger partial charge is 0.492 e. The van der Waals surface area contributed by atoms with Gasteiger partial charge in [-0.05, 0) is 37.2 Å². The number of carbonyl (C=O) groups excluding carboxylic acids is 1. The number of fused-ring (bicyclic) bond motifs is 3.